The lowest BCUT2D eigenvalue weighted by Crippen LogP contribution is -2.47. The average Bonchev–Trinajstić information content (AvgIpc) is 2.78. The Balaban J connectivity index is 1.64. The fraction of sp³-hybridized carbons (Fsp3) is 0.296. The van der Waals surface area contributed by atoms with Gasteiger partial charge in [-0.3, -0.25) is 4.79 Å². The van der Waals surface area contributed by atoms with Crippen LogP contribution in [-0.4, -0.2) is 13.0 Å². The van der Waals surface area contributed by atoms with E-state index in [1.807, 2.05) is 24.3 Å². The van der Waals surface area contributed by atoms with Gasteiger partial charge in [-0.05, 0) is 46.2 Å². The number of nitrogens with one attached hydrogen (secondary N) is 1. The second-order valence-electron chi connectivity index (χ2n) is 8.75. The van der Waals surface area contributed by atoms with Crippen LogP contribution in [0.3, 0.4) is 0 Å². The molecule has 0 fully saturated rings. The average molecular weight is 398 g/mol. The molecule has 0 saturated heterocycles. The van der Waals surface area contributed by atoms with E-state index in [1.165, 1.54) is 22.3 Å². The van der Waals surface area contributed by atoms with E-state index >= 15 is 0 Å². The van der Waals surface area contributed by atoms with Gasteiger partial charge >= 0.3 is 0 Å². The molecule has 2 bridgehead atoms. The highest BCUT2D eigenvalue weighted by molar-refractivity contribution is 5.96. The van der Waals surface area contributed by atoms with Crippen molar-refractivity contribution in [3.8, 4) is 5.75 Å². The van der Waals surface area contributed by atoms with Crippen LogP contribution in [-0.2, 0) is 4.79 Å². The Morgan fingerprint density at radius 2 is 1.30 bits per heavy atom. The van der Waals surface area contributed by atoms with E-state index in [0.717, 1.165) is 5.69 Å². The molecule has 3 nitrogen and oxygen atoms in total. The Morgan fingerprint density at radius 1 is 0.800 bits per heavy atom. The highest BCUT2D eigenvalue weighted by Crippen LogP contribution is 2.60. The van der Waals surface area contributed by atoms with E-state index in [4.69, 9.17) is 4.74 Å². The number of ether oxygens (including phenoxy) is 1. The van der Waals surface area contributed by atoms with Gasteiger partial charge in [0.2, 0.25) is 5.91 Å². The van der Waals surface area contributed by atoms with Gasteiger partial charge < -0.3 is 10.1 Å². The van der Waals surface area contributed by atoms with Crippen LogP contribution in [0.1, 0.15) is 47.9 Å². The number of carbonyl (C=O) groups excluding carboxylic acids is 1. The zero-order valence-corrected chi connectivity index (χ0v) is 17.6. The predicted octanol–water partition coefficient (Wildman–Crippen LogP) is 5.81. The molecule has 0 heterocycles. The molecule has 1 N–H and O–H groups in total. The van der Waals surface area contributed by atoms with Crippen molar-refractivity contribution < 1.29 is 9.53 Å². The number of carbonyl (C=O) groups is 1. The van der Waals surface area contributed by atoms with Crippen molar-refractivity contribution in [3.05, 3.63) is 95.1 Å². The number of para-hydroxylation sites is 2. The van der Waals surface area contributed by atoms with Crippen LogP contribution in [0.4, 0.5) is 5.69 Å². The summed E-state index contributed by atoms with van der Waals surface area (Å²) in [6.07, 6.45) is 0. The molecule has 0 unspecified atom stereocenters. The van der Waals surface area contributed by atoms with Crippen molar-refractivity contribution >= 4 is 11.6 Å². The molecule has 0 aromatic heterocycles. The summed E-state index contributed by atoms with van der Waals surface area (Å²) in [4.78, 5) is 13.8. The highest BCUT2D eigenvalue weighted by Gasteiger charge is 2.53. The molecule has 3 aromatic carbocycles. The summed E-state index contributed by atoms with van der Waals surface area (Å²) in [7, 11) is 1.64. The molecule has 30 heavy (non-hydrogen) atoms. The monoisotopic (exact) mass is 397 g/mol. The molecule has 152 valence electrons. The van der Waals surface area contributed by atoms with Gasteiger partial charge in [-0.2, -0.15) is 0 Å². The zero-order chi connectivity index (χ0) is 20.8. The van der Waals surface area contributed by atoms with Gasteiger partial charge in [-0.15, -0.1) is 0 Å². The molecule has 0 aliphatic heterocycles. The standard InChI is InChI=1S/C27H27NO2/c1-16(2)23-24-17-10-4-6-12-19(17)25(20-13-7-5-11-18(20)24)26(23)27(29)28-21-14-8-9-15-22(21)30-3/h4-16,23-26H,1-3H3,(H,28,29)/t23-,24?,25?,26+/m0/s1. The first-order valence-electron chi connectivity index (χ1n) is 10.7. The van der Waals surface area contributed by atoms with Gasteiger partial charge in [-0.25, -0.2) is 0 Å². The molecule has 3 aliphatic carbocycles. The summed E-state index contributed by atoms with van der Waals surface area (Å²) in [5.41, 5.74) is 6.12. The predicted molar refractivity (Wildman–Crippen MR) is 120 cm³/mol. The van der Waals surface area contributed by atoms with E-state index in [-0.39, 0.29) is 29.6 Å². The van der Waals surface area contributed by atoms with Crippen LogP contribution >= 0.6 is 0 Å². The fourth-order valence-electron chi connectivity index (χ4n) is 5.81. The third kappa shape index (κ3) is 2.76. The maximum atomic E-state index is 13.8. The molecule has 3 aliphatic rings. The number of amides is 1. The maximum Gasteiger partial charge on any atom is 0.228 e. The lowest BCUT2D eigenvalue weighted by Gasteiger charge is -2.51. The van der Waals surface area contributed by atoms with Crippen molar-refractivity contribution in [3.63, 3.8) is 0 Å². The van der Waals surface area contributed by atoms with E-state index in [9.17, 15) is 4.79 Å². The van der Waals surface area contributed by atoms with E-state index in [2.05, 4.69) is 67.7 Å². The second kappa shape index (κ2) is 7.32. The van der Waals surface area contributed by atoms with E-state index in [1.54, 1.807) is 7.11 Å². The van der Waals surface area contributed by atoms with Crippen LogP contribution in [0.25, 0.3) is 0 Å². The third-order valence-corrected chi connectivity index (χ3v) is 6.93. The van der Waals surface area contributed by atoms with Crippen LogP contribution in [0.2, 0.25) is 0 Å². The Hall–Kier alpha value is -3.07. The summed E-state index contributed by atoms with van der Waals surface area (Å²) in [6.45, 7) is 4.50. The first-order chi connectivity index (χ1) is 14.6. The third-order valence-electron chi connectivity index (χ3n) is 6.93. The Kier molecular flexibility index (Phi) is 4.62. The molecule has 0 spiro atoms. The van der Waals surface area contributed by atoms with Crippen molar-refractivity contribution in [2.45, 2.75) is 25.7 Å². The lowest BCUT2D eigenvalue weighted by molar-refractivity contribution is -0.123. The number of benzene rings is 3. The molecule has 0 saturated carbocycles. The number of rotatable bonds is 4. The molecule has 1 amide bonds. The smallest absolute Gasteiger partial charge is 0.228 e. The SMILES string of the molecule is COc1ccccc1NC(=O)[C@H]1C2c3ccccc3C(c3ccccc32)[C@@H]1C(C)C. The van der Waals surface area contributed by atoms with Crippen molar-refractivity contribution in [1.29, 1.82) is 0 Å². The van der Waals surface area contributed by atoms with Gasteiger partial charge in [0.15, 0.2) is 0 Å². The maximum absolute atomic E-state index is 13.8. The van der Waals surface area contributed by atoms with Gasteiger partial charge in [0, 0.05) is 11.8 Å². The van der Waals surface area contributed by atoms with Crippen molar-refractivity contribution in [2.75, 3.05) is 12.4 Å². The quantitative estimate of drug-likeness (QED) is 0.603. The highest BCUT2D eigenvalue weighted by atomic mass is 16.5. The first kappa shape index (κ1) is 18.9. The molecular weight excluding hydrogens is 370 g/mol. The second-order valence-corrected chi connectivity index (χ2v) is 8.75. The number of fused-ring (bicyclic) bond motifs is 1. The molecule has 2 atom stereocenters. The summed E-state index contributed by atoms with van der Waals surface area (Å²) < 4.78 is 5.47. The first-order valence-corrected chi connectivity index (χ1v) is 10.7. The molecule has 3 heteroatoms. The number of hydrogen-bond donors (Lipinski definition) is 1. The minimum Gasteiger partial charge on any atom is -0.495 e. The van der Waals surface area contributed by atoms with Gasteiger partial charge in [0.1, 0.15) is 5.75 Å². The minimum absolute atomic E-state index is 0.0736. The van der Waals surface area contributed by atoms with Gasteiger partial charge in [0.25, 0.3) is 0 Å². The Labute approximate surface area is 178 Å². The van der Waals surface area contributed by atoms with Crippen molar-refractivity contribution in [1.82, 2.24) is 0 Å². The molecular formula is C27H27NO2. The molecule has 0 radical (unpaired) electrons. The van der Waals surface area contributed by atoms with Crippen LogP contribution in [0.5, 0.6) is 5.75 Å². The number of anilines is 1. The normalized spacial score (nSPS) is 23.6. The lowest BCUT2D eigenvalue weighted by atomic mass is 9.52. The summed E-state index contributed by atoms with van der Waals surface area (Å²) in [5, 5.41) is 3.20. The topological polar surface area (TPSA) is 38.3 Å². The largest absolute Gasteiger partial charge is 0.495 e. The van der Waals surface area contributed by atoms with Gasteiger partial charge in [-0.1, -0.05) is 74.5 Å². The van der Waals surface area contributed by atoms with Crippen LogP contribution < -0.4 is 10.1 Å². The summed E-state index contributed by atoms with van der Waals surface area (Å²) >= 11 is 0. The van der Waals surface area contributed by atoms with Crippen LogP contribution in [0.15, 0.2) is 72.8 Å². The number of hydrogen-bond acceptors (Lipinski definition) is 2. The molecule has 6 rings (SSSR count). The minimum atomic E-state index is -0.121. The zero-order valence-electron chi connectivity index (χ0n) is 17.6. The summed E-state index contributed by atoms with van der Waals surface area (Å²) in [6, 6.07) is 25.0. The van der Waals surface area contributed by atoms with Crippen LogP contribution in [0, 0.1) is 17.8 Å². The summed E-state index contributed by atoms with van der Waals surface area (Å²) in [5.74, 6) is 1.60. The van der Waals surface area contributed by atoms with Gasteiger partial charge in [0.05, 0.1) is 18.7 Å². The number of methoxy groups -OCH3 is 1. The molecule has 3 aromatic rings. The Morgan fingerprint density at radius 3 is 1.83 bits per heavy atom. The van der Waals surface area contributed by atoms with E-state index < -0.39 is 0 Å². The Bertz CT molecular complexity index is 1060. The van der Waals surface area contributed by atoms with E-state index in [0.29, 0.717) is 11.7 Å². The van der Waals surface area contributed by atoms with Crippen molar-refractivity contribution in [2.24, 2.45) is 17.8 Å². The fourth-order valence-corrected chi connectivity index (χ4v) is 5.81.